The van der Waals surface area contributed by atoms with Crippen molar-refractivity contribution in [2.75, 3.05) is 7.11 Å². The lowest BCUT2D eigenvalue weighted by molar-refractivity contribution is -0.143. The average Bonchev–Trinajstić information content (AvgIpc) is 3.13. The summed E-state index contributed by atoms with van der Waals surface area (Å²) in [4.78, 5) is 11.8. The van der Waals surface area contributed by atoms with Crippen molar-refractivity contribution in [3.05, 3.63) is 22.2 Å². The monoisotopic (exact) mass is 354 g/mol. The van der Waals surface area contributed by atoms with E-state index >= 15 is 0 Å². The summed E-state index contributed by atoms with van der Waals surface area (Å²) in [5, 5.41) is 9.71. The Labute approximate surface area is 132 Å². The molecule has 2 aliphatic rings. The van der Waals surface area contributed by atoms with Gasteiger partial charge in [-0.05, 0) is 59.3 Å². The second kappa shape index (κ2) is 5.52. The van der Waals surface area contributed by atoms with Crippen molar-refractivity contribution in [1.29, 1.82) is 0 Å². The van der Waals surface area contributed by atoms with E-state index in [1.165, 1.54) is 0 Å². The molecule has 0 spiro atoms. The number of aliphatic carboxylic acids is 1. The predicted molar refractivity (Wildman–Crippen MR) is 82.1 cm³/mol. The Morgan fingerprint density at radius 1 is 1.33 bits per heavy atom. The van der Waals surface area contributed by atoms with E-state index in [9.17, 15) is 9.90 Å². The molecule has 0 aromatic heterocycles. The van der Waals surface area contributed by atoms with Crippen LogP contribution in [-0.2, 0) is 10.2 Å². The SMILES string of the molecule is COc1cc(C2(C(=O)O)CCCC2)cc(Br)c1OC1CC1. The van der Waals surface area contributed by atoms with E-state index in [0.29, 0.717) is 24.3 Å². The Balaban J connectivity index is 2.02. The fourth-order valence-electron chi connectivity index (χ4n) is 3.07. The third-order valence-electron chi connectivity index (χ3n) is 4.46. The van der Waals surface area contributed by atoms with Gasteiger partial charge < -0.3 is 14.6 Å². The van der Waals surface area contributed by atoms with Crippen LogP contribution in [0.3, 0.4) is 0 Å². The third-order valence-corrected chi connectivity index (χ3v) is 5.05. The lowest BCUT2D eigenvalue weighted by Gasteiger charge is -2.26. The van der Waals surface area contributed by atoms with Gasteiger partial charge in [0.25, 0.3) is 0 Å². The average molecular weight is 355 g/mol. The van der Waals surface area contributed by atoms with Crippen LogP contribution in [0.15, 0.2) is 16.6 Å². The maximum atomic E-state index is 11.8. The summed E-state index contributed by atoms with van der Waals surface area (Å²) in [7, 11) is 1.59. The normalized spacial score (nSPS) is 20.3. The minimum absolute atomic E-state index is 0.265. The molecule has 0 saturated heterocycles. The van der Waals surface area contributed by atoms with Gasteiger partial charge in [0.15, 0.2) is 11.5 Å². The minimum atomic E-state index is -0.784. The van der Waals surface area contributed by atoms with Gasteiger partial charge in [0.2, 0.25) is 0 Å². The fraction of sp³-hybridized carbons (Fsp3) is 0.562. The highest BCUT2D eigenvalue weighted by Crippen LogP contribution is 2.47. The predicted octanol–water partition coefficient (Wildman–Crippen LogP) is 3.90. The Kier molecular flexibility index (Phi) is 3.86. The summed E-state index contributed by atoms with van der Waals surface area (Å²) in [6.45, 7) is 0. The van der Waals surface area contributed by atoms with Gasteiger partial charge in [-0.1, -0.05) is 12.8 Å². The molecule has 0 heterocycles. The topological polar surface area (TPSA) is 55.8 Å². The molecule has 1 N–H and O–H groups in total. The van der Waals surface area contributed by atoms with Crippen LogP contribution < -0.4 is 9.47 Å². The van der Waals surface area contributed by atoms with Crippen LogP contribution in [0.1, 0.15) is 44.1 Å². The Morgan fingerprint density at radius 3 is 2.52 bits per heavy atom. The molecule has 1 aromatic rings. The van der Waals surface area contributed by atoms with Gasteiger partial charge in [-0.3, -0.25) is 4.79 Å². The van der Waals surface area contributed by atoms with Gasteiger partial charge in [-0.15, -0.1) is 0 Å². The van der Waals surface area contributed by atoms with E-state index in [4.69, 9.17) is 9.47 Å². The molecule has 114 valence electrons. The first-order valence-electron chi connectivity index (χ1n) is 7.35. The zero-order valence-corrected chi connectivity index (χ0v) is 13.6. The van der Waals surface area contributed by atoms with Crippen molar-refractivity contribution in [3.63, 3.8) is 0 Å². The number of carbonyl (C=O) groups is 1. The first-order valence-corrected chi connectivity index (χ1v) is 8.14. The zero-order valence-electron chi connectivity index (χ0n) is 12.0. The number of carboxylic acid groups (broad SMARTS) is 1. The van der Waals surface area contributed by atoms with Gasteiger partial charge in [0, 0.05) is 0 Å². The van der Waals surface area contributed by atoms with Crippen LogP contribution in [0.4, 0.5) is 0 Å². The van der Waals surface area contributed by atoms with Crippen molar-refractivity contribution >= 4 is 21.9 Å². The van der Waals surface area contributed by atoms with Gasteiger partial charge in [0.1, 0.15) is 0 Å². The molecule has 0 amide bonds. The summed E-state index contributed by atoms with van der Waals surface area (Å²) in [5.74, 6) is 0.547. The quantitative estimate of drug-likeness (QED) is 0.871. The van der Waals surface area contributed by atoms with Crippen LogP contribution in [0.2, 0.25) is 0 Å². The molecule has 21 heavy (non-hydrogen) atoms. The largest absolute Gasteiger partial charge is 0.493 e. The first-order chi connectivity index (χ1) is 10.1. The molecule has 0 aliphatic heterocycles. The van der Waals surface area contributed by atoms with Crippen molar-refractivity contribution in [2.24, 2.45) is 0 Å². The van der Waals surface area contributed by atoms with Crippen LogP contribution in [0.25, 0.3) is 0 Å². The van der Waals surface area contributed by atoms with Crippen LogP contribution >= 0.6 is 15.9 Å². The number of rotatable bonds is 5. The molecule has 5 heteroatoms. The number of benzene rings is 1. The second-order valence-corrected chi connectivity index (χ2v) is 6.76. The number of hydrogen-bond donors (Lipinski definition) is 1. The zero-order chi connectivity index (χ0) is 15.0. The van der Waals surface area contributed by atoms with E-state index < -0.39 is 11.4 Å². The molecule has 2 saturated carbocycles. The van der Waals surface area contributed by atoms with Crippen molar-refractivity contribution in [2.45, 2.75) is 50.0 Å². The van der Waals surface area contributed by atoms with Crippen molar-refractivity contribution < 1.29 is 19.4 Å². The van der Waals surface area contributed by atoms with Gasteiger partial charge >= 0.3 is 5.97 Å². The molecule has 0 radical (unpaired) electrons. The van der Waals surface area contributed by atoms with Gasteiger partial charge in [-0.2, -0.15) is 0 Å². The molecule has 2 aliphatic carbocycles. The number of methoxy groups -OCH3 is 1. The standard InChI is InChI=1S/C16H19BrO4/c1-20-13-9-10(16(15(18)19)6-2-3-7-16)8-12(17)14(13)21-11-4-5-11/h8-9,11H,2-7H2,1H3,(H,18,19). The fourth-order valence-corrected chi connectivity index (χ4v) is 3.60. The lowest BCUT2D eigenvalue weighted by Crippen LogP contribution is -2.32. The van der Waals surface area contributed by atoms with Gasteiger partial charge in [-0.25, -0.2) is 0 Å². The smallest absolute Gasteiger partial charge is 0.314 e. The van der Waals surface area contributed by atoms with Crippen molar-refractivity contribution in [1.82, 2.24) is 0 Å². The van der Waals surface area contributed by atoms with E-state index in [1.54, 1.807) is 7.11 Å². The molecule has 0 unspecified atom stereocenters. The summed E-state index contributed by atoms with van der Waals surface area (Å²) in [6.07, 6.45) is 5.66. The Bertz CT molecular complexity index is 560. The highest BCUT2D eigenvalue weighted by Gasteiger charge is 2.43. The number of halogens is 1. The lowest BCUT2D eigenvalue weighted by atomic mass is 9.79. The highest BCUT2D eigenvalue weighted by atomic mass is 79.9. The summed E-state index contributed by atoms with van der Waals surface area (Å²) >= 11 is 3.52. The molecular weight excluding hydrogens is 336 g/mol. The van der Waals surface area contributed by atoms with Crippen LogP contribution in [0.5, 0.6) is 11.5 Å². The Morgan fingerprint density at radius 2 is 2.00 bits per heavy atom. The molecule has 4 nitrogen and oxygen atoms in total. The highest BCUT2D eigenvalue weighted by molar-refractivity contribution is 9.10. The number of hydrogen-bond acceptors (Lipinski definition) is 3. The summed E-state index contributed by atoms with van der Waals surface area (Å²) in [5.41, 5.74) is 0.0212. The summed E-state index contributed by atoms with van der Waals surface area (Å²) < 4.78 is 12.1. The number of carboxylic acids is 1. The van der Waals surface area contributed by atoms with Crippen molar-refractivity contribution in [3.8, 4) is 11.5 Å². The maximum absolute atomic E-state index is 11.8. The molecule has 0 bridgehead atoms. The van der Waals surface area contributed by atoms with Crippen LogP contribution in [-0.4, -0.2) is 24.3 Å². The summed E-state index contributed by atoms with van der Waals surface area (Å²) in [6, 6.07) is 3.72. The number of ether oxygens (including phenoxy) is 2. The molecule has 1 aromatic carbocycles. The van der Waals surface area contributed by atoms with Gasteiger partial charge in [0.05, 0.1) is 23.1 Å². The Hall–Kier alpha value is -1.23. The molecule has 2 fully saturated rings. The third kappa shape index (κ3) is 2.63. The van der Waals surface area contributed by atoms with E-state index in [-0.39, 0.29) is 6.10 Å². The van der Waals surface area contributed by atoms with E-state index in [0.717, 1.165) is 35.7 Å². The first kappa shape index (κ1) is 14.7. The maximum Gasteiger partial charge on any atom is 0.314 e. The van der Waals surface area contributed by atoms with Crippen LogP contribution in [0, 0.1) is 0 Å². The second-order valence-electron chi connectivity index (χ2n) is 5.90. The molecule has 3 rings (SSSR count). The van der Waals surface area contributed by atoms with E-state index in [1.807, 2.05) is 12.1 Å². The molecule has 0 atom stereocenters. The molecular formula is C16H19BrO4. The minimum Gasteiger partial charge on any atom is -0.493 e. The van der Waals surface area contributed by atoms with E-state index in [2.05, 4.69) is 15.9 Å².